The number of rotatable bonds is 0. The van der Waals surface area contributed by atoms with Crippen LogP contribution in [0.1, 0.15) is 67.9 Å². The monoisotopic (exact) mass is 495 g/mol. The van der Waals surface area contributed by atoms with E-state index in [4.69, 9.17) is 15.3 Å². The molecule has 1 aromatic rings. The molecule has 1 rings (SSSR count). The molecule has 1 aromatic carbocycles. The number of hydrogen-bond acceptors (Lipinski definition) is 3. The molecule has 0 aliphatic carbocycles. The van der Waals surface area contributed by atoms with E-state index in [0.29, 0.717) is 0 Å². The summed E-state index contributed by atoms with van der Waals surface area (Å²) in [5.74, 6) is 0. The van der Waals surface area contributed by atoms with Crippen LogP contribution in [0.4, 0.5) is 0 Å². The summed E-state index contributed by atoms with van der Waals surface area (Å²) in [7, 11) is 0. The molecule has 4 heteroatoms. The fraction of sp³-hybridized carbons (Fsp3) is 0.632. The molecule has 3 nitrogen and oxygen atoms in total. The maximum atomic E-state index is 8.52. The predicted octanol–water partition coefficient (Wildman–Crippen LogP) is 3.87. The first kappa shape index (κ1) is 27.4. The van der Waals surface area contributed by atoms with E-state index in [1.54, 1.807) is 62.3 Å². The van der Waals surface area contributed by atoms with Crippen LogP contribution >= 0.6 is 0 Å². The Morgan fingerprint density at radius 1 is 0.652 bits per heavy atom. The zero-order valence-corrected chi connectivity index (χ0v) is 19.1. The van der Waals surface area contributed by atoms with Gasteiger partial charge in [-0.1, -0.05) is 0 Å². The summed E-state index contributed by atoms with van der Waals surface area (Å²) >= 11 is 1.38. The predicted molar refractivity (Wildman–Crippen MR) is 95.3 cm³/mol. The topological polar surface area (TPSA) is 60.7 Å². The molecule has 23 heavy (non-hydrogen) atoms. The molecule has 135 valence electrons. The Labute approximate surface area is 153 Å². The molecule has 0 atom stereocenters. The van der Waals surface area contributed by atoms with Gasteiger partial charge in [-0.2, -0.15) is 0 Å². The summed E-state index contributed by atoms with van der Waals surface area (Å²) in [5.41, 5.74) is -0.303. The Bertz CT molecular complexity index is 369. The van der Waals surface area contributed by atoms with Crippen LogP contribution in [0.2, 0.25) is 0 Å². The van der Waals surface area contributed by atoms with Crippen molar-refractivity contribution in [2.75, 3.05) is 0 Å². The minimum absolute atomic E-state index is 0.500. The van der Waals surface area contributed by atoms with Crippen molar-refractivity contribution in [2.45, 2.75) is 79.1 Å². The van der Waals surface area contributed by atoms with Gasteiger partial charge in [-0.15, -0.1) is 0 Å². The average Bonchev–Trinajstić information content (AvgIpc) is 2.23. The van der Waals surface area contributed by atoms with Gasteiger partial charge >= 0.3 is 59.3 Å². The van der Waals surface area contributed by atoms with Gasteiger partial charge in [0.2, 0.25) is 0 Å². The molecule has 0 aliphatic rings. The van der Waals surface area contributed by atoms with Crippen LogP contribution in [0.15, 0.2) is 30.3 Å². The second-order valence-corrected chi connectivity index (χ2v) is 8.71. The first-order chi connectivity index (χ1) is 9.93. The van der Waals surface area contributed by atoms with Crippen LogP contribution < -0.4 is 0 Å². The van der Waals surface area contributed by atoms with Crippen molar-refractivity contribution in [3.63, 3.8) is 0 Å². The summed E-state index contributed by atoms with van der Waals surface area (Å²) in [6, 6.07) is 10.1. The van der Waals surface area contributed by atoms with Crippen LogP contribution in [-0.2, 0) is 19.2 Å². The van der Waals surface area contributed by atoms with E-state index >= 15 is 0 Å². The van der Waals surface area contributed by atoms with Gasteiger partial charge in [0.15, 0.2) is 0 Å². The van der Waals surface area contributed by atoms with Gasteiger partial charge in [0.05, 0.1) is 16.8 Å². The summed E-state index contributed by atoms with van der Waals surface area (Å²) < 4.78 is 3.11. The van der Waals surface area contributed by atoms with Gasteiger partial charge in [-0.3, -0.25) is 0 Å². The van der Waals surface area contributed by atoms with E-state index in [2.05, 4.69) is 4.20 Å². The summed E-state index contributed by atoms with van der Waals surface area (Å²) in [5, 5.41) is 25.6. The Kier molecular flexibility index (Phi) is 15.4. The van der Waals surface area contributed by atoms with Crippen LogP contribution in [0, 0.1) is 4.20 Å². The molecule has 0 spiro atoms. The average molecular weight is 495 g/mol. The molecule has 0 saturated heterocycles. The summed E-state index contributed by atoms with van der Waals surface area (Å²) in [6.45, 7) is 15.7. The molecule has 0 aromatic heterocycles. The van der Waals surface area contributed by atoms with E-state index in [9.17, 15) is 0 Å². The number of aliphatic hydroxyl groups is 3. The second-order valence-electron chi connectivity index (χ2n) is 7.98. The van der Waals surface area contributed by atoms with Gasteiger partial charge in [-0.05, 0) is 62.3 Å². The van der Waals surface area contributed by atoms with Crippen molar-refractivity contribution < 1.29 is 34.5 Å². The van der Waals surface area contributed by atoms with Gasteiger partial charge in [0.1, 0.15) is 0 Å². The third-order valence-electron chi connectivity index (χ3n) is 0.892. The standard InChI is InChI=1S/C7H5.3C4H10O.W/c1-7-5-3-2-4-6-7;3*1-4(2,3)5;/h2-6H;3*5H,1-3H3;. The Hall–Kier alpha value is -0.432. The summed E-state index contributed by atoms with van der Waals surface area (Å²) in [6.07, 6.45) is 0. The van der Waals surface area contributed by atoms with Crippen LogP contribution in [0.5, 0.6) is 0 Å². The molecule has 0 saturated carbocycles. The van der Waals surface area contributed by atoms with Crippen LogP contribution in [0.3, 0.4) is 0 Å². The van der Waals surface area contributed by atoms with Crippen molar-refractivity contribution >= 4 is 0 Å². The summed E-state index contributed by atoms with van der Waals surface area (Å²) in [4.78, 5) is 0. The molecule has 0 radical (unpaired) electrons. The van der Waals surface area contributed by atoms with E-state index in [1.165, 1.54) is 24.7 Å². The van der Waals surface area contributed by atoms with Crippen molar-refractivity contribution in [1.82, 2.24) is 0 Å². The van der Waals surface area contributed by atoms with E-state index < -0.39 is 16.8 Å². The van der Waals surface area contributed by atoms with Crippen molar-refractivity contribution in [2.24, 2.45) is 0 Å². The first-order valence-electron chi connectivity index (χ1n) is 7.54. The maximum absolute atomic E-state index is 8.52. The van der Waals surface area contributed by atoms with E-state index in [0.717, 1.165) is 0 Å². The molecular weight excluding hydrogens is 460 g/mol. The Morgan fingerprint density at radius 2 is 0.870 bits per heavy atom. The molecule has 0 aliphatic heterocycles. The van der Waals surface area contributed by atoms with E-state index in [1.807, 2.05) is 30.3 Å². The molecule has 0 unspecified atom stereocenters. The Morgan fingerprint density at radius 3 is 1.00 bits per heavy atom. The molecular formula is C19H35O3W. The fourth-order valence-corrected chi connectivity index (χ4v) is 0.995. The minimum atomic E-state index is -0.500. The molecule has 0 amide bonds. The van der Waals surface area contributed by atoms with Gasteiger partial charge in [-0.25, -0.2) is 0 Å². The van der Waals surface area contributed by atoms with Crippen molar-refractivity contribution in [3.05, 3.63) is 35.9 Å². The van der Waals surface area contributed by atoms with Crippen molar-refractivity contribution in [1.29, 1.82) is 0 Å². The van der Waals surface area contributed by atoms with Gasteiger partial charge < -0.3 is 15.3 Å². The molecule has 0 bridgehead atoms. The number of hydrogen-bond donors (Lipinski definition) is 3. The van der Waals surface area contributed by atoms with Crippen molar-refractivity contribution in [3.8, 4) is 4.20 Å². The van der Waals surface area contributed by atoms with Gasteiger partial charge in [0, 0.05) is 0 Å². The number of benzene rings is 1. The SMILES string of the molecule is CC(C)(C)O.CC(C)(C)O.CC(C)(C)O.[W]#[C]c1ccccc1. The second kappa shape index (κ2) is 12.9. The van der Waals surface area contributed by atoms with Crippen LogP contribution in [-0.4, -0.2) is 32.1 Å². The quantitative estimate of drug-likeness (QED) is 0.513. The normalized spacial score (nSPS) is 10.6. The van der Waals surface area contributed by atoms with Gasteiger partial charge in [0.25, 0.3) is 0 Å². The third-order valence-corrected chi connectivity index (χ3v) is 1.74. The molecule has 0 fully saturated rings. The zero-order chi connectivity index (χ0) is 19.3. The van der Waals surface area contributed by atoms with Crippen LogP contribution in [0.25, 0.3) is 0 Å². The first-order valence-corrected chi connectivity index (χ1v) is 9.00. The molecule has 3 N–H and O–H groups in total. The Balaban J connectivity index is -0.000000240. The fourth-order valence-electron chi connectivity index (χ4n) is 0.506. The van der Waals surface area contributed by atoms with E-state index in [-0.39, 0.29) is 0 Å². The molecule has 0 heterocycles. The zero-order valence-electron chi connectivity index (χ0n) is 16.1. The third kappa shape index (κ3) is 90.2.